The molecule has 0 aliphatic heterocycles. The number of hydrogen-bond acceptors (Lipinski definition) is 3. The van der Waals surface area contributed by atoms with Crippen molar-refractivity contribution in [2.75, 3.05) is 0 Å². The maximum absolute atomic E-state index is 5.20. The Morgan fingerprint density at radius 1 is 0.585 bits per heavy atom. The van der Waals surface area contributed by atoms with E-state index in [1.165, 1.54) is 47.4 Å². The van der Waals surface area contributed by atoms with Crippen LogP contribution in [0, 0.1) is 0 Å². The second-order valence-electron chi connectivity index (χ2n) is 10.3. The smallest absolute Gasteiger partial charge is 0.138 e. The summed E-state index contributed by atoms with van der Waals surface area (Å²) in [6.45, 7) is 0. The third-order valence-corrected chi connectivity index (χ3v) is 9.18. The lowest BCUT2D eigenvalue weighted by molar-refractivity contribution is 1.09. The molecule has 41 heavy (non-hydrogen) atoms. The standard InChI is InChI=1S/C36H22N4S/c1-2-9-24(10-3-1)39-19-17-27-31(39)16-15-26-28-20-29-25-11-4-5-13-33(25)41-34(29)21-32(28)40(36(26)27)35-14-6-12-30(38-35)23-8-7-18-37-22-23/h1-22H. The Balaban J connectivity index is 1.42. The van der Waals surface area contributed by atoms with E-state index in [1.54, 1.807) is 6.20 Å². The average molecular weight is 543 g/mol. The van der Waals surface area contributed by atoms with Gasteiger partial charge in [0.1, 0.15) is 5.82 Å². The van der Waals surface area contributed by atoms with Crippen molar-refractivity contribution in [1.82, 2.24) is 19.1 Å². The normalized spacial score (nSPS) is 11.9. The fourth-order valence-corrected chi connectivity index (χ4v) is 7.34. The molecule has 0 spiro atoms. The monoisotopic (exact) mass is 542 g/mol. The van der Waals surface area contributed by atoms with Gasteiger partial charge in [0, 0.05) is 66.2 Å². The summed E-state index contributed by atoms with van der Waals surface area (Å²) in [6, 6.07) is 41.0. The molecule has 9 aromatic rings. The van der Waals surface area contributed by atoms with Crippen molar-refractivity contribution in [3.05, 3.63) is 134 Å². The topological polar surface area (TPSA) is 35.6 Å². The molecule has 5 aromatic heterocycles. The molecule has 0 aliphatic carbocycles. The van der Waals surface area contributed by atoms with E-state index >= 15 is 0 Å². The van der Waals surface area contributed by atoms with Crippen LogP contribution in [-0.2, 0) is 0 Å². The van der Waals surface area contributed by atoms with Crippen LogP contribution in [-0.4, -0.2) is 19.1 Å². The number of benzene rings is 4. The SMILES string of the molecule is c1ccc(-n2ccc3c2ccc2c4cc5c(cc4n(-c4cccc(-c6cccnc6)n4)c23)sc2ccccc25)cc1. The summed E-state index contributed by atoms with van der Waals surface area (Å²) in [6.07, 6.45) is 5.84. The molecule has 0 unspecified atom stereocenters. The lowest BCUT2D eigenvalue weighted by Gasteiger charge is -2.10. The molecule has 0 saturated heterocycles. The van der Waals surface area contributed by atoms with E-state index in [0.717, 1.165) is 28.3 Å². The molecule has 5 heterocycles. The molecule has 192 valence electrons. The zero-order valence-electron chi connectivity index (χ0n) is 21.9. The minimum absolute atomic E-state index is 0.895. The van der Waals surface area contributed by atoms with Gasteiger partial charge < -0.3 is 4.57 Å². The second kappa shape index (κ2) is 8.62. The van der Waals surface area contributed by atoms with Crippen LogP contribution in [0.3, 0.4) is 0 Å². The van der Waals surface area contributed by atoms with Gasteiger partial charge in [0.25, 0.3) is 0 Å². The van der Waals surface area contributed by atoms with E-state index in [0.29, 0.717) is 0 Å². The number of nitrogens with zero attached hydrogens (tertiary/aromatic N) is 4. The quantitative estimate of drug-likeness (QED) is 0.223. The average Bonchev–Trinajstić information content (AvgIpc) is 3.72. The van der Waals surface area contributed by atoms with Crippen LogP contribution in [0.15, 0.2) is 134 Å². The van der Waals surface area contributed by atoms with E-state index in [1.807, 2.05) is 23.6 Å². The summed E-state index contributed by atoms with van der Waals surface area (Å²) in [5.41, 5.74) is 6.56. The Kier molecular flexibility index (Phi) is 4.74. The van der Waals surface area contributed by atoms with E-state index in [2.05, 4.69) is 130 Å². The van der Waals surface area contributed by atoms with Gasteiger partial charge >= 0.3 is 0 Å². The lowest BCUT2D eigenvalue weighted by Crippen LogP contribution is -1.99. The fourth-order valence-electron chi connectivity index (χ4n) is 6.22. The lowest BCUT2D eigenvalue weighted by atomic mass is 10.1. The molecule has 4 aromatic carbocycles. The van der Waals surface area contributed by atoms with Crippen molar-refractivity contribution < 1.29 is 0 Å². The highest BCUT2D eigenvalue weighted by Gasteiger charge is 2.20. The molecule has 0 saturated carbocycles. The molecule has 5 heteroatoms. The van der Waals surface area contributed by atoms with Crippen molar-refractivity contribution in [3.63, 3.8) is 0 Å². The Morgan fingerprint density at radius 3 is 2.39 bits per heavy atom. The number of pyridine rings is 2. The highest BCUT2D eigenvalue weighted by molar-refractivity contribution is 7.25. The first-order valence-electron chi connectivity index (χ1n) is 13.7. The maximum Gasteiger partial charge on any atom is 0.138 e. The minimum Gasteiger partial charge on any atom is -0.316 e. The van der Waals surface area contributed by atoms with Gasteiger partial charge in [-0.1, -0.05) is 48.5 Å². The van der Waals surface area contributed by atoms with Crippen LogP contribution in [0.25, 0.3) is 75.6 Å². The first kappa shape index (κ1) is 22.5. The summed E-state index contributed by atoms with van der Waals surface area (Å²) in [5.74, 6) is 0.895. The van der Waals surface area contributed by atoms with E-state index < -0.39 is 0 Å². The van der Waals surface area contributed by atoms with Gasteiger partial charge in [-0.3, -0.25) is 9.55 Å². The molecule has 0 N–H and O–H groups in total. The molecule has 0 radical (unpaired) electrons. The number of hydrogen-bond donors (Lipinski definition) is 0. The second-order valence-corrected chi connectivity index (χ2v) is 11.4. The van der Waals surface area contributed by atoms with Crippen molar-refractivity contribution in [2.45, 2.75) is 0 Å². The predicted octanol–water partition coefficient (Wildman–Crippen LogP) is 9.55. The molecule has 0 bridgehead atoms. The Morgan fingerprint density at radius 2 is 1.49 bits per heavy atom. The van der Waals surface area contributed by atoms with Gasteiger partial charge in [0.05, 0.1) is 22.2 Å². The summed E-state index contributed by atoms with van der Waals surface area (Å²) in [5, 5.41) is 6.27. The van der Waals surface area contributed by atoms with Gasteiger partial charge in [0.15, 0.2) is 0 Å². The molecule has 9 rings (SSSR count). The summed E-state index contributed by atoms with van der Waals surface area (Å²) in [7, 11) is 0. The van der Waals surface area contributed by atoms with E-state index in [9.17, 15) is 0 Å². The maximum atomic E-state index is 5.20. The molecule has 0 aliphatic rings. The van der Waals surface area contributed by atoms with E-state index in [-0.39, 0.29) is 0 Å². The van der Waals surface area contributed by atoms with Gasteiger partial charge in [0.2, 0.25) is 0 Å². The number of fused-ring (bicyclic) bond motifs is 8. The minimum atomic E-state index is 0.895. The van der Waals surface area contributed by atoms with E-state index in [4.69, 9.17) is 4.98 Å². The third-order valence-electron chi connectivity index (χ3n) is 8.05. The summed E-state index contributed by atoms with van der Waals surface area (Å²) >= 11 is 1.85. The van der Waals surface area contributed by atoms with Crippen LogP contribution in [0.5, 0.6) is 0 Å². The van der Waals surface area contributed by atoms with Crippen LogP contribution in [0.4, 0.5) is 0 Å². The fraction of sp³-hybridized carbons (Fsp3) is 0. The summed E-state index contributed by atoms with van der Waals surface area (Å²) < 4.78 is 7.21. The van der Waals surface area contributed by atoms with Crippen LogP contribution >= 0.6 is 11.3 Å². The van der Waals surface area contributed by atoms with Gasteiger partial charge in [-0.05, 0) is 66.7 Å². The van der Waals surface area contributed by atoms with Crippen molar-refractivity contribution in [3.8, 4) is 22.8 Å². The Labute approximate surface area is 239 Å². The molecular formula is C36H22N4S. The van der Waals surface area contributed by atoms with Crippen LogP contribution in [0.1, 0.15) is 0 Å². The zero-order chi connectivity index (χ0) is 26.9. The predicted molar refractivity (Wildman–Crippen MR) is 172 cm³/mol. The largest absolute Gasteiger partial charge is 0.316 e. The van der Waals surface area contributed by atoms with Crippen molar-refractivity contribution in [2.24, 2.45) is 0 Å². The highest BCUT2D eigenvalue weighted by Crippen LogP contribution is 2.42. The summed E-state index contributed by atoms with van der Waals surface area (Å²) in [4.78, 5) is 9.53. The Hall–Kier alpha value is -5.26. The van der Waals surface area contributed by atoms with Crippen molar-refractivity contribution in [1.29, 1.82) is 0 Å². The number of para-hydroxylation sites is 1. The molecule has 0 amide bonds. The highest BCUT2D eigenvalue weighted by atomic mass is 32.1. The number of rotatable bonds is 3. The first-order chi connectivity index (χ1) is 20.3. The van der Waals surface area contributed by atoms with Gasteiger partial charge in [-0.15, -0.1) is 11.3 Å². The van der Waals surface area contributed by atoms with Gasteiger partial charge in [-0.2, -0.15) is 0 Å². The number of aromatic nitrogens is 4. The zero-order valence-corrected chi connectivity index (χ0v) is 22.7. The molecule has 0 fully saturated rings. The molecule has 4 nitrogen and oxygen atoms in total. The Bertz CT molecular complexity index is 2410. The van der Waals surface area contributed by atoms with Crippen LogP contribution < -0.4 is 0 Å². The first-order valence-corrected chi connectivity index (χ1v) is 14.5. The number of thiophene rings is 1. The molecular weight excluding hydrogens is 520 g/mol. The molecule has 0 atom stereocenters. The van der Waals surface area contributed by atoms with Gasteiger partial charge in [-0.25, -0.2) is 4.98 Å². The van der Waals surface area contributed by atoms with Crippen molar-refractivity contribution >= 4 is 64.2 Å². The van der Waals surface area contributed by atoms with Crippen LogP contribution in [0.2, 0.25) is 0 Å². The third kappa shape index (κ3) is 3.33.